The van der Waals surface area contributed by atoms with Gasteiger partial charge in [0.15, 0.2) is 0 Å². The van der Waals surface area contributed by atoms with Gasteiger partial charge in [-0.25, -0.2) is 9.59 Å². The van der Waals surface area contributed by atoms with Gasteiger partial charge < -0.3 is 40.4 Å². The van der Waals surface area contributed by atoms with Gasteiger partial charge in [-0.1, -0.05) is 74.4 Å². The highest BCUT2D eigenvalue weighted by Gasteiger charge is 2.37. The predicted octanol–water partition coefficient (Wildman–Crippen LogP) is 6.98. The summed E-state index contributed by atoms with van der Waals surface area (Å²) in [6, 6.07) is 27.4. The van der Waals surface area contributed by atoms with Gasteiger partial charge in [-0.15, -0.1) is 0 Å². The third-order valence-electron chi connectivity index (χ3n) is 11.3. The molecule has 57 heavy (non-hydrogen) atoms. The van der Waals surface area contributed by atoms with Crippen molar-refractivity contribution in [1.29, 1.82) is 0 Å². The summed E-state index contributed by atoms with van der Waals surface area (Å²) in [4.78, 5) is 42.5. The van der Waals surface area contributed by atoms with Crippen LogP contribution in [0.1, 0.15) is 95.4 Å². The third kappa shape index (κ3) is 9.48. The quantitative estimate of drug-likeness (QED) is 0.0615. The topological polar surface area (TPSA) is 173 Å². The molecule has 4 atom stereocenters. The Morgan fingerprint density at radius 3 is 2.46 bits per heavy atom. The van der Waals surface area contributed by atoms with E-state index < -0.39 is 24.2 Å². The number of nitrogens with one attached hydrogen (secondary N) is 3. The number of aliphatic hydroxyl groups excluding tert-OH is 1. The first-order valence-electron chi connectivity index (χ1n) is 19.8. The SMILES string of the molecule is CCCCC(NC[C@H](O)c1ccc(O)c2[nH]c(=O)ccc12)c1cc(C(=O)O)ccc1COc1cccc(C(NC(=O)O[C@H]2CN3CCC2CC3)c2ccccc2)c1. The van der Waals surface area contributed by atoms with E-state index in [1.165, 1.54) is 12.1 Å². The number of unbranched alkanes of at least 4 members (excludes halogenated alkanes) is 1. The predicted molar refractivity (Wildman–Crippen MR) is 216 cm³/mol. The number of aromatic nitrogens is 1. The molecule has 12 nitrogen and oxygen atoms in total. The molecule has 1 amide bonds. The van der Waals surface area contributed by atoms with Crippen LogP contribution >= 0.6 is 0 Å². The average molecular weight is 775 g/mol. The lowest BCUT2D eigenvalue weighted by Gasteiger charge is -2.43. The van der Waals surface area contributed by atoms with Crippen LogP contribution in [0.3, 0.4) is 0 Å². The molecule has 3 aliphatic rings. The molecule has 4 heterocycles. The van der Waals surface area contributed by atoms with Gasteiger partial charge in [0, 0.05) is 30.6 Å². The van der Waals surface area contributed by atoms with Crippen molar-refractivity contribution in [2.45, 2.75) is 69.9 Å². The Balaban J connectivity index is 1.10. The molecule has 3 aliphatic heterocycles. The summed E-state index contributed by atoms with van der Waals surface area (Å²) in [6.45, 7) is 5.20. The number of rotatable bonds is 16. The highest BCUT2D eigenvalue weighted by Crippen LogP contribution is 2.33. The highest BCUT2D eigenvalue weighted by atomic mass is 16.6. The van der Waals surface area contributed by atoms with Crippen LogP contribution < -0.4 is 20.9 Å². The van der Waals surface area contributed by atoms with E-state index in [1.807, 2.05) is 54.6 Å². The lowest BCUT2D eigenvalue weighted by atomic mass is 9.86. The minimum Gasteiger partial charge on any atom is -0.506 e. The standard InChI is InChI=1S/C45H50N4O8/c1-2-3-12-37(46-25-39(51)34-15-17-38(50)43-35(34)16-18-41(52)47-43)36-24-31(44(53)54)13-14-32(36)27-56-33-11-7-10-30(23-33)42(29-8-5-4-6-9-29)48-45(55)57-40-26-49-21-19-28(40)20-22-49/h4-11,13-18,23-24,28,37,39-40,42,46,50-51H,2-3,12,19-22,25-27H2,1H3,(H,47,52)(H,48,55)(H,53,54)/t37?,39-,40-,42?/m0/s1. The number of carboxylic acid groups (broad SMARTS) is 1. The van der Waals surface area contributed by atoms with E-state index in [-0.39, 0.29) is 47.7 Å². The van der Waals surface area contributed by atoms with E-state index in [0.717, 1.165) is 67.6 Å². The summed E-state index contributed by atoms with van der Waals surface area (Å²) >= 11 is 0. The fraction of sp³-hybridized carbons (Fsp3) is 0.356. The van der Waals surface area contributed by atoms with Crippen molar-refractivity contribution in [3.63, 3.8) is 0 Å². The number of H-pyrrole nitrogens is 1. The number of fused-ring (bicyclic) bond motifs is 4. The van der Waals surface area contributed by atoms with E-state index >= 15 is 0 Å². The number of aliphatic hydroxyl groups is 1. The van der Waals surface area contributed by atoms with Crippen molar-refractivity contribution in [2.24, 2.45) is 5.92 Å². The Bertz CT molecular complexity index is 2240. The lowest BCUT2D eigenvalue weighted by molar-refractivity contribution is -0.0336. The molecule has 0 radical (unpaired) electrons. The molecule has 5 aromatic rings. The van der Waals surface area contributed by atoms with Gasteiger partial charge in [-0.05, 0) is 102 Å². The average Bonchev–Trinajstić information content (AvgIpc) is 3.23. The molecule has 8 rings (SSSR count). The van der Waals surface area contributed by atoms with E-state index in [0.29, 0.717) is 29.0 Å². The van der Waals surface area contributed by atoms with Crippen LogP contribution in [0, 0.1) is 5.92 Å². The van der Waals surface area contributed by atoms with Crippen molar-refractivity contribution in [3.8, 4) is 11.5 Å². The van der Waals surface area contributed by atoms with Gasteiger partial charge in [-0.2, -0.15) is 0 Å². The van der Waals surface area contributed by atoms with Crippen LogP contribution in [0.2, 0.25) is 0 Å². The van der Waals surface area contributed by atoms with E-state index in [9.17, 15) is 29.7 Å². The largest absolute Gasteiger partial charge is 0.506 e. The molecule has 1 aromatic heterocycles. The molecular formula is C45H50N4O8. The van der Waals surface area contributed by atoms with Gasteiger partial charge >= 0.3 is 12.1 Å². The maximum absolute atomic E-state index is 13.4. The summed E-state index contributed by atoms with van der Waals surface area (Å²) < 4.78 is 12.4. The molecule has 3 saturated heterocycles. The molecule has 2 unspecified atom stereocenters. The monoisotopic (exact) mass is 774 g/mol. The maximum Gasteiger partial charge on any atom is 0.408 e. The Kier molecular flexibility index (Phi) is 12.5. The molecule has 2 bridgehead atoms. The first-order valence-corrected chi connectivity index (χ1v) is 19.8. The molecule has 4 aromatic carbocycles. The third-order valence-corrected chi connectivity index (χ3v) is 11.3. The summed E-state index contributed by atoms with van der Waals surface area (Å²) in [5, 5.41) is 38.8. The number of pyridine rings is 1. The molecule has 0 saturated carbocycles. The number of alkyl carbamates (subject to hydrolysis) is 1. The van der Waals surface area contributed by atoms with Crippen molar-refractivity contribution in [2.75, 3.05) is 26.2 Å². The molecule has 0 aliphatic carbocycles. The summed E-state index contributed by atoms with van der Waals surface area (Å²) in [5.41, 5.74) is 3.77. The number of phenolic OH excluding ortho intramolecular Hbond substituents is 1. The van der Waals surface area contributed by atoms with Gasteiger partial charge in [0.1, 0.15) is 24.2 Å². The van der Waals surface area contributed by atoms with Gasteiger partial charge in [-0.3, -0.25) is 9.69 Å². The van der Waals surface area contributed by atoms with Crippen molar-refractivity contribution >= 4 is 23.0 Å². The number of carbonyl (C=O) groups excluding carboxylic acids is 1. The Hall–Kier alpha value is -5.69. The first-order chi connectivity index (χ1) is 27.7. The number of ether oxygens (including phenoxy) is 2. The zero-order valence-corrected chi connectivity index (χ0v) is 32.0. The number of hydrogen-bond donors (Lipinski definition) is 6. The number of hydrogen-bond acceptors (Lipinski definition) is 9. The van der Waals surface area contributed by atoms with Crippen LogP contribution in [0.4, 0.5) is 4.79 Å². The Labute approximate surface area is 331 Å². The number of aromatic amines is 1. The maximum atomic E-state index is 13.4. The van der Waals surface area contributed by atoms with Crippen molar-refractivity contribution in [3.05, 3.63) is 141 Å². The molecule has 12 heteroatoms. The second-order valence-corrected chi connectivity index (χ2v) is 15.1. The minimum atomic E-state index is -1.05. The van der Waals surface area contributed by atoms with Crippen LogP contribution in [0.25, 0.3) is 10.9 Å². The Morgan fingerprint density at radius 2 is 1.72 bits per heavy atom. The second kappa shape index (κ2) is 18.1. The summed E-state index contributed by atoms with van der Waals surface area (Å²) in [6.07, 6.45) is 2.90. The molecule has 6 N–H and O–H groups in total. The number of nitrogens with zero attached hydrogens (tertiary/aromatic N) is 1. The number of amides is 1. The van der Waals surface area contributed by atoms with Crippen molar-refractivity contribution < 1.29 is 34.4 Å². The zero-order chi connectivity index (χ0) is 39.9. The highest BCUT2D eigenvalue weighted by molar-refractivity contribution is 5.88. The lowest BCUT2D eigenvalue weighted by Crippen LogP contribution is -2.52. The van der Waals surface area contributed by atoms with Crippen LogP contribution in [-0.4, -0.2) is 69.5 Å². The number of phenols is 1. The minimum absolute atomic E-state index is 0.0953. The molecule has 298 valence electrons. The normalized spacial score (nSPS) is 19.1. The summed E-state index contributed by atoms with van der Waals surface area (Å²) in [5.74, 6) is -0.194. The van der Waals surface area contributed by atoms with Gasteiger partial charge in [0.25, 0.3) is 0 Å². The summed E-state index contributed by atoms with van der Waals surface area (Å²) in [7, 11) is 0. The van der Waals surface area contributed by atoms with Crippen LogP contribution in [0.15, 0.2) is 102 Å². The Morgan fingerprint density at radius 1 is 0.930 bits per heavy atom. The van der Waals surface area contributed by atoms with Gasteiger partial charge in [0.2, 0.25) is 5.56 Å². The number of carbonyl (C=O) groups is 2. The zero-order valence-electron chi connectivity index (χ0n) is 32.0. The second-order valence-electron chi connectivity index (χ2n) is 15.1. The van der Waals surface area contributed by atoms with Gasteiger partial charge in [0.05, 0.1) is 23.2 Å². The van der Waals surface area contributed by atoms with Crippen LogP contribution in [-0.2, 0) is 11.3 Å². The molecule has 0 spiro atoms. The fourth-order valence-corrected chi connectivity index (χ4v) is 8.16. The number of aromatic carboxylic acids is 1. The first kappa shape index (κ1) is 39.5. The molecule has 3 fully saturated rings. The van der Waals surface area contributed by atoms with Crippen LogP contribution in [0.5, 0.6) is 11.5 Å². The fourth-order valence-electron chi connectivity index (χ4n) is 8.16. The number of carboxylic acids is 1. The smallest absolute Gasteiger partial charge is 0.408 e. The number of piperidine rings is 3. The van der Waals surface area contributed by atoms with E-state index in [4.69, 9.17) is 9.47 Å². The number of aromatic hydroxyl groups is 1. The number of benzene rings is 4. The van der Waals surface area contributed by atoms with Crippen molar-refractivity contribution in [1.82, 2.24) is 20.5 Å². The van der Waals surface area contributed by atoms with E-state index in [1.54, 1.807) is 30.3 Å². The molecular weight excluding hydrogens is 725 g/mol. The van der Waals surface area contributed by atoms with E-state index in [2.05, 4.69) is 27.4 Å².